The van der Waals surface area contributed by atoms with Crippen molar-refractivity contribution in [3.8, 4) is 5.88 Å². The minimum atomic E-state index is 0.115. The van der Waals surface area contributed by atoms with Crippen molar-refractivity contribution in [1.82, 2.24) is 10.3 Å². The van der Waals surface area contributed by atoms with Gasteiger partial charge in [-0.05, 0) is 5.56 Å². The van der Waals surface area contributed by atoms with Crippen molar-refractivity contribution in [2.75, 3.05) is 13.2 Å². The fourth-order valence-corrected chi connectivity index (χ4v) is 1.92. The molecule has 0 aliphatic carbocycles. The molecule has 18 heavy (non-hydrogen) atoms. The molecule has 2 heterocycles. The Bertz CT molecular complexity index is 393. The Morgan fingerprint density at radius 1 is 1.61 bits per heavy atom. The van der Waals surface area contributed by atoms with E-state index in [9.17, 15) is 0 Å². The van der Waals surface area contributed by atoms with Crippen molar-refractivity contribution in [3.05, 3.63) is 22.8 Å². The Balaban J connectivity index is 2.00. The fourth-order valence-electron chi connectivity index (χ4n) is 1.75. The topological polar surface area (TPSA) is 43.4 Å². The highest BCUT2D eigenvalue weighted by Gasteiger charge is 2.18. The number of hydrogen-bond donors (Lipinski definition) is 1. The maximum absolute atomic E-state index is 6.11. The average molecular weight is 271 g/mol. The predicted molar refractivity (Wildman–Crippen MR) is 71.1 cm³/mol. The van der Waals surface area contributed by atoms with E-state index >= 15 is 0 Å². The molecule has 1 atom stereocenters. The van der Waals surface area contributed by atoms with E-state index in [1.54, 1.807) is 6.20 Å². The fraction of sp³-hybridized carbons (Fsp3) is 0.615. The highest BCUT2D eigenvalue weighted by molar-refractivity contribution is 6.31. The van der Waals surface area contributed by atoms with Gasteiger partial charge in [-0.15, -0.1) is 0 Å². The second kappa shape index (κ2) is 6.36. The van der Waals surface area contributed by atoms with Crippen LogP contribution in [-0.4, -0.2) is 30.3 Å². The molecule has 100 valence electrons. The number of rotatable bonds is 5. The standard InChI is InChI=1S/C13H19ClN2O2/c1-9(2)15-6-10-5-13(16-7-12(10)14)18-11-3-4-17-8-11/h5,7,9,11,15H,3-4,6,8H2,1-2H3. The zero-order valence-corrected chi connectivity index (χ0v) is 11.5. The summed E-state index contributed by atoms with van der Waals surface area (Å²) in [5.41, 5.74) is 1.01. The zero-order valence-electron chi connectivity index (χ0n) is 10.8. The molecule has 0 amide bonds. The van der Waals surface area contributed by atoms with Crippen LogP contribution in [0.5, 0.6) is 5.88 Å². The van der Waals surface area contributed by atoms with Crippen LogP contribution in [0.25, 0.3) is 0 Å². The molecule has 0 bridgehead atoms. The maximum Gasteiger partial charge on any atom is 0.213 e. The monoisotopic (exact) mass is 270 g/mol. The molecule has 1 aliphatic heterocycles. The van der Waals surface area contributed by atoms with E-state index in [4.69, 9.17) is 21.1 Å². The Morgan fingerprint density at radius 3 is 3.11 bits per heavy atom. The lowest BCUT2D eigenvalue weighted by atomic mass is 10.2. The summed E-state index contributed by atoms with van der Waals surface area (Å²) in [5.74, 6) is 0.621. The summed E-state index contributed by atoms with van der Waals surface area (Å²) in [6, 6.07) is 2.32. The summed E-state index contributed by atoms with van der Waals surface area (Å²) in [6.07, 6.45) is 2.68. The van der Waals surface area contributed by atoms with Crippen LogP contribution in [0.3, 0.4) is 0 Å². The molecule has 2 rings (SSSR count). The Kier molecular flexibility index (Phi) is 4.80. The van der Waals surface area contributed by atoms with E-state index < -0.39 is 0 Å². The second-order valence-electron chi connectivity index (χ2n) is 4.75. The van der Waals surface area contributed by atoms with Crippen molar-refractivity contribution in [2.45, 2.75) is 39.0 Å². The minimum absolute atomic E-state index is 0.115. The Labute approximate surface area is 113 Å². The van der Waals surface area contributed by atoms with E-state index in [0.29, 0.717) is 23.6 Å². The van der Waals surface area contributed by atoms with Gasteiger partial charge in [0.15, 0.2) is 0 Å². The molecule has 1 aromatic heterocycles. The van der Waals surface area contributed by atoms with Gasteiger partial charge in [0, 0.05) is 31.3 Å². The number of pyridine rings is 1. The van der Waals surface area contributed by atoms with Crippen molar-refractivity contribution in [1.29, 1.82) is 0 Å². The summed E-state index contributed by atoms with van der Waals surface area (Å²) >= 11 is 6.11. The first kappa shape index (κ1) is 13.6. The van der Waals surface area contributed by atoms with Gasteiger partial charge in [0.1, 0.15) is 6.10 Å². The van der Waals surface area contributed by atoms with Crippen molar-refractivity contribution >= 4 is 11.6 Å². The number of nitrogens with zero attached hydrogens (tertiary/aromatic N) is 1. The van der Waals surface area contributed by atoms with Gasteiger partial charge in [0.25, 0.3) is 0 Å². The lowest BCUT2D eigenvalue weighted by Gasteiger charge is -2.13. The first-order valence-electron chi connectivity index (χ1n) is 6.27. The molecule has 0 aromatic carbocycles. The lowest BCUT2D eigenvalue weighted by molar-refractivity contribution is 0.138. The van der Waals surface area contributed by atoms with Gasteiger partial charge in [0.2, 0.25) is 5.88 Å². The number of ether oxygens (including phenoxy) is 2. The highest BCUT2D eigenvalue weighted by Crippen LogP contribution is 2.21. The van der Waals surface area contributed by atoms with Gasteiger partial charge < -0.3 is 14.8 Å². The average Bonchev–Trinajstić information content (AvgIpc) is 2.82. The molecule has 1 fully saturated rings. The van der Waals surface area contributed by atoms with Gasteiger partial charge in [-0.1, -0.05) is 25.4 Å². The first-order chi connectivity index (χ1) is 8.65. The minimum Gasteiger partial charge on any atom is -0.472 e. The highest BCUT2D eigenvalue weighted by atomic mass is 35.5. The molecule has 1 unspecified atom stereocenters. The van der Waals surface area contributed by atoms with Gasteiger partial charge >= 0.3 is 0 Å². The third kappa shape index (κ3) is 3.83. The number of halogens is 1. The summed E-state index contributed by atoms with van der Waals surface area (Å²) in [5, 5.41) is 4.00. The molecule has 5 heteroatoms. The van der Waals surface area contributed by atoms with Crippen LogP contribution in [0.1, 0.15) is 25.8 Å². The van der Waals surface area contributed by atoms with Gasteiger partial charge in [-0.3, -0.25) is 0 Å². The van der Waals surface area contributed by atoms with E-state index in [1.165, 1.54) is 0 Å². The summed E-state index contributed by atoms with van der Waals surface area (Å²) in [4.78, 5) is 4.19. The SMILES string of the molecule is CC(C)NCc1cc(OC2CCOC2)ncc1Cl. The molecular formula is C13H19ClN2O2. The number of nitrogens with one attached hydrogen (secondary N) is 1. The third-order valence-corrected chi connectivity index (χ3v) is 3.13. The quantitative estimate of drug-likeness (QED) is 0.892. The number of hydrogen-bond acceptors (Lipinski definition) is 4. The smallest absolute Gasteiger partial charge is 0.213 e. The molecule has 0 saturated carbocycles. The van der Waals surface area contributed by atoms with E-state index in [1.807, 2.05) is 6.07 Å². The Morgan fingerprint density at radius 2 is 2.44 bits per heavy atom. The number of aromatic nitrogens is 1. The van der Waals surface area contributed by atoms with Crippen LogP contribution < -0.4 is 10.1 Å². The maximum atomic E-state index is 6.11. The van der Waals surface area contributed by atoms with Crippen molar-refractivity contribution < 1.29 is 9.47 Å². The molecular weight excluding hydrogens is 252 g/mol. The molecule has 4 nitrogen and oxygen atoms in total. The van der Waals surface area contributed by atoms with Gasteiger partial charge in [0.05, 0.1) is 18.2 Å². The largest absolute Gasteiger partial charge is 0.472 e. The summed E-state index contributed by atoms with van der Waals surface area (Å²) in [7, 11) is 0. The molecule has 0 spiro atoms. The molecule has 1 saturated heterocycles. The summed E-state index contributed by atoms with van der Waals surface area (Å²) in [6.45, 7) is 6.32. The van der Waals surface area contributed by atoms with E-state index in [2.05, 4.69) is 24.1 Å². The lowest BCUT2D eigenvalue weighted by Crippen LogP contribution is -2.22. The van der Waals surface area contributed by atoms with Crippen LogP contribution in [0.4, 0.5) is 0 Å². The van der Waals surface area contributed by atoms with Crippen LogP contribution in [-0.2, 0) is 11.3 Å². The third-order valence-electron chi connectivity index (χ3n) is 2.79. The van der Waals surface area contributed by atoms with E-state index in [-0.39, 0.29) is 6.10 Å². The predicted octanol–water partition coefficient (Wildman–Crippen LogP) is 2.40. The molecule has 1 N–H and O–H groups in total. The molecule has 1 aromatic rings. The molecule has 1 aliphatic rings. The molecule has 0 radical (unpaired) electrons. The van der Waals surface area contributed by atoms with Gasteiger partial charge in [-0.2, -0.15) is 0 Å². The van der Waals surface area contributed by atoms with Crippen LogP contribution in [0.2, 0.25) is 5.02 Å². The van der Waals surface area contributed by atoms with Gasteiger partial charge in [-0.25, -0.2) is 4.98 Å². The first-order valence-corrected chi connectivity index (χ1v) is 6.65. The normalized spacial score (nSPS) is 19.4. The van der Waals surface area contributed by atoms with Crippen LogP contribution >= 0.6 is 11.6 Å². The zero-order chi connectivity index (χ0) is 13.0. The van der Waals surface area contributed by atoms with Crippen LogP contribution in [0, 0.1) is 0 Å². The van der Waals surface area contributed by atoms with Crippen LogP contribution in [0.15, 0.2) is 12.3 Å². The Hall–Kier alpha value is -0.840. The van der Waals surface area contributed by atoms with Crippen molar-refractivity contribution in [2.24, 2.45) is 0 Å². The second-order valence-corrected chi connectivity index (χ2v) is 5.16. The van der Waals surface area contributed by atoms with E-state index in [0.717, 1.165) is 25.1 Å². The van der Waals surface area contributed by atoms with Crippen molar-refractivity contribution in [3.63, 3.8) is 0 Å². The summed E-state index contributed by atoms with van der Waals surface area (Å²) < 4.78 is 11.0.